The highest BCUT2D eigenvalue weighted by atomic mass is 16.5. The predicted molar refractivity (Wildman–Crippen MR) is 78.9 cm³/mol. The molecule has 2 heterocycles. The number of ether oxygens (including phenoxy) is 1. The van der Waals surface area contributed by atoms with E-state index in [0.717, 1.165) is 35.9 Å². The maximum atomic E-state index is 12.6. The zero-order chi connectivity index (χ0) is 14.2. The number of aromatic nitrogens is 1. The standard InChI is InChI=1S/C16H20N2O2/c1-16(20-2)7-3-9-18(11-16)15(19)13-4-5-14-12(10-13)6-8-17-14/h4-6,8,10,17H,3,7,9,11H2,1-2H3/t16-/m0/s1. The van der Waals surface area contributed by atoms with Gasteiger partial charge in [-0.25, -0.2) is 0 Å². The van der Waals surface area contributed by atoms with Gasteiger partial charge in [-0.15, -0.1) is 0 Å². The molecule has 2 aromatic rings. The van der Waals surface area contributed by atoms with Gasteiger partial charge in [-0.3, -0.25) is 4.79 Å². The number of carbonyl (C=O) groups is 1. The van der Waals surface area contributed by atoms with E-state index < -0.39 is 0 Å². The zero-order valence-corrected chi connectivity index (χ0v) is 12.0. The Balaban J connectivity index is 1.84. The lowest BCUT2D eigenvalue weighted by Crippen LogP contribution is -2.49. The summed E-state index contributed by atoms with van der Waals surface area (Å²) < 4.78 is 5.55. The van der Waals surface area contributed by atoms with Crippen LogP contribution in [0.2, 0.25) is 0 Å². The van der Waals surface area contributed by atoms with Crippen molar-refractivity contribution in [1.82, 2.24) is 9.88 Å². The Morgan fingerprint density at radius 1 is 1.40 bits per heavy atom. The van der Waals surface area contributed by atoms with Crippen LogP contribution in [0.15, 0.2) is 30.5 Å². The Hall–Kier alpha value is -1.81. The summed E-state index contributed by atoms with van der Waals surface area (Å²) in [5.41, 5.74) is 1.59. The third kappa shape index (κ3) is 2.31. The summed E-state index contributed by atoms with van der Waals surface area (Å²) in [6.45, 7) is 3.54. The second-order valence-electron chi connectivity index (χ2n) is 5.76. The molecule has 1 aromatic carbocycles. The summed E-state index contributed by atoms with van der Waals surface area (Å²) in [5.74, 6) is 0.0936. The molecule has 0 spiro atoms. The summed E-state index contributed by atoms with van der Waals surface area (Å²) in [6, 6.07) is 7.79. The lowest BCUT2D eigenvalue weighted by molar-refractivity contribution is -0.0440. The van der Waals surface area contributed by atoms with Crippen LogP contribution < -0.4 is 0 Å². The number of nitrogens with one attached hydrogen (secondary N) is 1. The van der Waals surface area contributed by atoms with Gasteiger partial charge in [-0.05, 0) is 44.0 Å². The van der Waals surface area contributed by atoms with Crippen molar-refractivity contribution >= 4 is 16.8 Å². The largest absolute Gasteiger partial charge is 0.377 e. The second kappa shape index (κ2) is 4.94. The maximum Gasteiger partial charge on any atom is 0.253 e. The van der Waals surface area contributed by atoms with Gasteiger partial charge in [0.15, 0.2) is 0 Å². The van der Waals surface area contributed by atoms with Crippen LogP contribution >= 0.6 is 0 Å². The van der Waals surface area contributed by atoms with Crippen LogP contribution in [0.5, 0.6) is 0 Å². The number of fused-ring (bicyclic) bond motifs is 1. The Labute approximate surface area is 118 Å². The summed E-state index contributed by atoms with van der Waals surface area (Å²) in [6.07, 6.45) is 3.88. The van der Waals surface area contributed by atoms with Crippen molar-refractivity contribution in [3.8, 4) is 0 Å². The first-order valence-corrected chi connectivity index (χ1v) is 7.03. The molecule has 1 atom stereocenters. The van der Waals surface area contributed by atoms with Gasteiger partial charge in [-0.1, -0.05) is 0 Å². The number of H-pyrrole nitrogens is 1. The normalized spacial score (nSPS) is 23.2. The number of rotatable bonds is 2. The fourth-order valence-electron chi connectivity index (χ4n) is 2.91. The Bertz CT molecular complexity index is 634. The summed E-state index contributed by atoms with van der Waals surface area (Å²) in [7, 11) is 1.72. The number of amides is 1. The zero-order valence-electron chi connectivity index (χ0n) is 12.0. The molecule has 1 saturated heterocycles. The van der Waals surface area contributed by atoms with Gasteiger partial charge in [-0.2, -0.15) is 0 Å². The van der Waals surface area contributed by atoms with Crippen LogP contribution in [-0.2, 0) is 4.74 Å². The van der Waals surface area contributed by atoms with Crippen molar-refractivity contribution in [3.05, 3.63) is 36.0 Å². The highest BCUT2D eigenvalue weighted by Crippen LogP contribution is 2.25. The van der Waals surface area contributed by atoms with Crippen LogP contribution in [0.4, 0.5) is 0 Å². The average molecular weight is 272 g/mol. The van der Waals surface area contributed by atoms with E-state index >= 15 is 0 Å². The molecule has 0 bridgehead atoms. The molecule has 0 radical (unpaired) electrons. The van der Waals surface area contributed by atoms with E-state index in [2.05, 4.69) is 11.9 Å². The highest BCUT2D eigenvalue weighted by molar-refractivity contribution is 5.98. The Kier molecular flexibility index (Phi) is 3.26. The molecule has 3 rings (SSSR count). The number of nitrogens with zero attached hydrogens (tertiary/aromatic N) is 1. The average Bonchev–Trinajstić information content (AvgIpc) is 2.94. The molecular formula is C16H20N2O2. The number of hydrogen-bond acceptors (Lipinski definition) is 2. The van der Waals surface area contributed by atoms with Crippen molar-refractivity contribution in [2.75, 3.05) is 20.2 Å². The number of hydrogen-bond donors (Lipinski definition) is 1. The topological polar surface area (TPSA) is 45.3 Å². The van der Waals surface area contributed by atoms with Crippen LogP contribution in [-0.4, -0.2) is 41.6 Å². The monoisotopic (exact) mass is 272 g/mol. The molecule has 1 aliphatic heterocycles. The van der Waals surface area contributed by atoms with E-state index in [-0.39, 0.29) is 11.5 Å². The van der Waals surface area contributed by atoms with Crippen molar-refractivity contribution in [2.24, 2.45) is 0 Å². The van der Waals surface area contributed by atoms with E-state index in [0.29, 0.717) is 6.54 Å². The Morgan fingerprint density at radius 3 is 3.05 bits per heavy atom. The third-order valence-electron chi connectivity index (χ3n) is 4.24. The molecule has 1 fully saturated rings. The van der Waals surface area contributed by atoms with E-state index in [1.165, 1.54) is 0 Å². The SMILES string of the molecule is CO[C@@]1(C)CCCN(C(=O)c2ccc3[nH]ccc3c2)C1. The number of likely N-dealkylation sites (tertiary alicyclic amines) is 1. The van der Waals surface area contributed by atoms with Crippen LogP contribution in [0.1, 0.15) is 30.1 Å². The molecular weight excluding hydrogens is 252 g/mol. The number of aromatic amines is 1. The summed E-state index contributed by atoms with van der Waals surface area (Å²) in [4.78, 5) is 17.7. The van der Waals surface area contributed by atoms with Gasteiger partial charge in [0.1, 0.15) is 0 Å². The molecule has 4 heteroatoms. The molecule has 0 aliphatic carbocycles. The minimum Gasteiger partial charge on any atom is -0.377 e. The van der Waals surface area contributed by atoms with Gasteiger partial charge in [0, 0.05) is 42.9 Å². The van der Waals surface area contributed by atoms with E-state index in [1.54, 1.807) is 7.11 Å². The van der Waals surface area contributed by atoms with E-state index in [4.69, 9.17) is 4.74 Å². The van der Waals surface area contributed by atoms with Crippen molar-refractivity contribution < 1.29 is 9.53 Å². The van der Waals surface area contributed by atoms with Crippen LogP contribution in [0.3, 0.4) is 0 Å². The van der Waals surface area contributed by atoms with Crippen molar-refractivity contribution in [2.45, 2.75) is 25.4 Å². The summed E-state index contributed by atoms with van der Waals surface area (Å²) >= 11 is 0. The van der Waals surface area contributed by atoms with E-state index in [1.807, 2.05) is 35.4 Å². The van der Waals surface area contributed by atoms with Gasteiger partial charge in [0.2, 0.25) is 0 Å². The highest BCUT2D eigenvalue weighted by Gasteiger charge is 2.33. The first-order valence-electron chi connectivity index (χ1n) is 7.03. The first-order chi connectivity index (χ1) is 9.61. The van der Waals surface area contributed by atoms with Gasteiger partial charge in [0.25, 0.3) is 5.91 Å². The number of methoxy groups -OCH3 is 1. The molecule has 1 N–H and O–H groups in total. The van der Waals surface area contributed by atoms with Crippen molar-refractivity contribution in [3.63, 3.8) is 0 Å². The minimum atomic E-state index is -0.216. The second-order valence-corrected chi connectivity index (χ2v) is 5.76. The number of carbonyl (C=O) groups excluding carboxylic acids is 1. The molecule has 1 amide bonds. The third-order valence-corrected chi connectivity index (χ3v) is 4.24. The molecule has 0 saturated carbocycles. The molecule has 20 heavy (non-hydrogen) atoms. The van der Waals surface area contributed by atoms with Crippen molar-refractivity contribution in [1.29, 1.82) is 0 Å². The van der Waals surface area contributed by atoms with E-state index in [9.17, 15) is 4.79 Å². The fourth-order valence-corrected chi connectivity index (χ4v) is 2.91. The molecule has 0 unspecified atom stereocenters. The van der Waals surface area contributed by atoms with Crippen LogP contribution in [0, 0.1) is 0 Å². The van der Waals surface area contributed by atoms with Crippen LogP contribution in [0.25, 0.3) is 10.9 Å². The van der Waals surface area contributed by atoms with Gasteiger partial charge >= 0.3 is 0 Å². The Morgan fingerprint density at radius 2 is 2.25 bits per heavy atom. The first kappa shape index (κ1) is 13.2. The number of benzene rings is 1. The predicted octanol–water partition coefficient (Wildman–Crippen LogP) is 2.81. The minimum absolute atomic E-state index is 0.0936. The molecule has 1 aromatic heterocycles. The fraction of sp³-hybridized carbons (Fsp3) is 0.438. The summed E-state index contributed by atoms with van der Waals surface area (Å²) in [5, 5.41) is 1.07. The molecule has 1 aliphatic rings. The van der Waals surface area contributed by atoms with Gasteiger partial charge < -0.3 is 14.6 Å². The van der Waals surface area contributed by atoms with Gasteiger partial charge in [0.05, 0.1) is 5.60 Å². The quantitative estimate of drug-likeness (QED) is 0.913. The lowest BCUT2D eigenvalue weighted by Gasteiger charge is -2.39. The molecule has 106 valence electrons. The maximum absolute atomic E-state index is 12.6. The number of piperidine rings is 1. The molecule has 4 nitrogen and oxygen atoms in total. The smallest absolute Gasteiger partial charge is 0.253 e. The lowest BCUT2D eigenvalue weighted by atomic mass is 9.94.